The van der Waals surface area contributed by atoms with E-state index in [1.165, 1.54) is 67.6 Å². The molecule has 8 bridgehead atoms. The number of piperidine rings is 2. The topological polar surface area (TPSA) is 161 Å². The number of nitrogens with zero attached hydrogens (tertiary/aromatic N) is 2. The number of methoxy groups -OCH3 is 2. The highest BCUT2D eigenvalue weighted by Crippen LogP contribution is 2.80. The number of carbonyl (C=O) groups excluding carboxylic acids is 1. The molecule has 0 radical (unpaired) electrons. The van der Waals surface area contributed by atoms with Crippen molar-refractivity contribution in [1.29, 1.82) is 0 Å². The number of carboxylic acid groups (broad SMARTS) is 1. The minimum absolute atomic E-state index is 0.0123. The quantitative estimate of drug-likeness (QED) is 0.223. The number of carboxylic acids is 1. The number of rotatable bonds is 8. The van der Waals surface area contributed by atoms with Crippen molar-refractivity contribution in [3.05, 3.63) is 46.5 Å². The maximum absolute atomic E-state index is 11.4. The molecule has 4 unspecified atom stereocenters. The van der Waals surface area contributed by atoms with Gasteiger partial charge in [0, 0.05) is 84.8 Å². The lowest BCUT2D eigenvalue weighted by Crippen LogP contribution is -2.84. The Morgan fingerprint density at radius 2 is 1.24 bits per heavy atom. The highest BCUT2D eigenvalue weighted by Gasteiger charge is 2.85. The van der Waals surface area contributed by atoms with Gasteiger partial charge in [0.15, 0.2) is 23.0 Å². The minimum atomic E-state index is -5.19. The average molecular weight is 979 g/mol. The molecule has 384 valence electrons. The Bertz CT molecular complexity index is 2520. The van der Waals surface area contributed by atoms with Crippen molar-refractivity contribution < 1.29 is 66.9 Å². The normalized spacial score (nSPS) is 42.9. The molecule has 13 atom stereocenters. The van der Waals surface area contributed by atoms with Crippen molar-refractivity contribution in [2.45, 2.75) is 181 Å². The molecular weight excluding hydrogens is 906 g/mol. The Balaban J connectivity index is 0.000000127. The number of carbonyl (C=O) groups is 1. The van der Waals surface area contributed by atoms with Gasteiger partial charge >= 0.3 is 6.18 Å². The number of likely N-dealkylation sites (tertiary alicyclic amines) is 2. The Kier molecular flexibility index (Phi) is 10.0. The molecule has 10 fully saturated rings. The number of aliphatic hydroxyl groups is 2. The maximum atomic E-state index is 11.4. The third-order valence-electron chi connectivity index (χ3n) is 22.0. The third kappa shape index (κ3) is 5.90. The van der Waals surface area contributed by atoms with Gasteiger partial charge in [-0.25, -0.2) is 0 Å². The van der Waals surface area contributed by atoms with Crippen LogP contribution in [0.3, 0.4) is 0 Å². The second-order valence-electron chi connectivity index (χ2n) is 25.8. The summed E-state index contributed by atoms with van der Waals surface area (Å²) < 4.78 is 59.2. The summed E-state index contributed by atoms with van der Waals surface area (Å²) in [5.74, 6) is 0.732. The van der Waals surface area contributed by atoms with Crippen molar-refractivity contribution in [2.75, 3.05) is 47.4 Å². The summed E-state index contributed by atoms with van der Waals surface area (Å²) in [5.41, 5.74) is 2.51. The zero-order valence-electron chi connectivity index (χ0n) is 41.9. The van der Waals surface area contributed by atoms with E-state index in [9.17, 15) is 33.6 Å². The van der Waals surface area contributed by atoms with Gasteiger partial charge in [0.25, 0.3) is 0 Å². The van der Waals surface area contributed by atoms with E-state index in [-0.39, 0.29) is 57.2 Å². The first-order chi connectivity index (χ1) is 32.8. The van der Waals surface area contributed by atoms with Crippen LogP contribution in [0.4, 0.5) is 13.2 Å². The van der Waals surface area contributed by atoms with Crippen LogP contribution < -0.4 is 14.6 Å². The summed E-state index contributed by atoms with van der Waals surface area (Å²) in [7, 11) is 6.15. The van der Waals surface area contributed by atoms with E-state index in [0.717, 1.165) is 87.1 Å². The first-order valence-corrected chi connectivity index (χ1v) is 26.3. The predicted octanol–water partition coefficient (Wildman–Crippen LogP) is 6.22. The number of hydrogen-bond donors (Lipinski definition) is 4. The number of benzene rings is 2. The van der Waals surface area contributed by atoms with Crippen molar-refractivity contribution in [3.63, 3.8) is 0 Å². The largest absolute Gasteiger partial charge is 0.542 e. The van der Waals surface area contributed by atoms with E-state index in [0.29, 0.717) is 23.6 Å². The molecule has 4 N–H and O–H groups in total. The summed E-state index contributed by atoms with van der Waals surface area (Å²) in [6, 6.07) is 9.01. The molecule has 0 aromatic heterocycles. The number of phenolic OH excluding ortho intramolecular Hbond substituents is 2. The first kappa shape index (κ1) is 47.7. The second-order valence-corrected chi connectivity index (χ2v) is 25.8. The average Bonchev–Trinajstić information content (AvgIpc) is 4.23. The van der Waals surface area contributed by atoms with Crippen LogP contribution in [-0.2, 0) is 37.9 Å². The first-order valence-electron chi connectivity index (χ1n) is 26.3. The van der Waals surface area contributed by atoms with E-state index < -0.39 is 34.5 Å². The van der Waals surface area contributed by atoms with Crippen LogP contribution in [0.1, 0.15) is 127 Å². The molecule has 14 aliphatic rings. The van der Waals surface area contributed by atoms with Crippen molar-refractivity contribution in [2.24, 2.45) is 34.5 Å². The molecule has 4 spiro atoms. The van der Waals surface area contributed by atoms with E-state index in [4.69, 9.17) is 28.8 Å². The Hall–Kier alpha value is -3.34. The molecule has 15 heteroatoms. The maximum Gasteiger partial charge on any atom is 0.430 e. The van der Waals surface area contributed by atoms with Gasteiger partial charge in [0.1, 0.15) is 29.4 Å². The Morgan fingerprint density at radius 1 is 0.757 bits per heavy atom. The van der Waals surface area contributed by atoms with Crippen LogP contribution >= 0.6 is 0 Å². The molecule has 12 nitrogen and oxygen atoms in total. The monoisotopic (exact) mass is 979 g/mol. The third-order valence-corrected chi connectivity index (χ3v) is 22.0. The Morgan fingerprint density at radius 3 is 1.73 bits per heavy atom. The van der Waals surface area contributed by atoms with Gasteiger partial charge in [-0.1, -0.05) is 12.1 Å². The van der Waals surface area contributed by atoms with Gasteiger partial charge in [-0.3, -0.25) is 4.90 Å². The van der Waals surface area contributed by atoms with Crippen LogP contribution in [0.25, 0.3) is 0 Å². The molecular formula is C55H73F3N2O10. The fourth-order valence-corrected chi connectivity index (χ4v) is 19.2. The number of fused-ring (bicyclic) bond motifs is 4. The number of alkyl halides is 3. The van der Waals surface area contributed by atoms with Crippen LogP contribution in [0.2, 0.25) is 0 Å². The highest BCUT2D eigenvalue weighted by molar-refractivity contribution is 5.70. The van der Waals surface area contributed by atoms with Gasteiger partial charge < -0.3 is 53.8 Å². The SMILES string of the molecule is CO[C@]12CC[C@@]3(C[C@@H]1C(C)(C)O)C1Cc4ccc(O)c5c4[C@@]3(CCN1CC1CC1)C2O5.CO[C@]12CC[C@@]3(C[C@@H]1C(C)(C)O)C1Cc4ccc(O)c5c4[C@@]3(CC[N@+]1(C)CC1CC1)C2O5.O=C([O-])C(F)(F)F. The molecule has 2 aromatic carbocycles. The van der Waals surface area contributed by atoms with Crippen LogP contribution in [0.5, 0.6) is 23.0 Å². The molecule has 0 amide bonds. The number of quaternary nitrogens is 1. The van der Waals surface area contributed by atoms with Crippen LogP contribution in [0.15, 0.2) is 24.3 Å². The minimum Gasteiger partial charge on any atom is -0.542 e. The summed E-state index contributed by atoms with van der Waals surface area (Å²) in [6.07, 6.45) is 10.3. The summed E-state index contributed by atoms with van der Waals surface area (Å²) in [5, 5.41) is 53.3. The summed E-state index contributed by atoms with van der Waals surface area (Å²) >= 11 is 0. The number of ether oxygens (including phenoxy) is 4. The van der Waals surface area contributed by atoms with Gasteiger partial charge in [0.05, 0.1) is 42.8 Å². The standard InChI is InChI=1S/C27H37NO4.C26H35NO4.C2HF3O2/c1-24(2,30)19-14-25-9-10-27(19,31-4)23-26(25)11-12-28(3,15-16-5-6-16)20(25)13-17-7-8-18(29)22(32-23)21(17)26;1-23(2,29)18-13-24-8-9-26(18,30-3)22-25(24)10-11-27(14-15-4-5-15)19(24)12-16-6-7-17(28)21(31-22)20(16)25;3-2(4,5)1(6)7/h7-8,16,19-20,23,30H,5-6,9-15H2,1-4H3;6-7,15,18-19,22,28-29H,4-5,8-14H2,1-3H3;(H,6,7)/t19-,20?,23?,25-,26+,27-,28-;18-,19?,22?,24-,25+,26-;/m11./s1. The Labute approximate surface area is 409 Å². The van der Waals surface area contributed by atoms with Gasteiger partial charge in [-0.15, -0.1) is 0 Å². The van der Waals surface area contributed by atoms with E-state index in [1.807, 2.05) is 54.0 Å². The molecule has 4 heterocycles. The van der Waals surface area contributed by atoms with E-state index in [2.05, 4.69) is 24.1 Å². The summed E-state index contributed by atoms with van der Waals surface area (Å²) in [6.45, 7) is 12.6. The lowest BCUT2D eigenvalue weighted by molar-refractivity contribution is -0.952. The number of phenols is 2. The number of aliphatic carboxylic acids is 1. The fourth-order valence-electron chi connectivity index (χ4n) is 19.2. The smallest absolute Gasteiger partial charge is 0.430 e. The van der Waals surface area contributed by atoms with E-state index >= 15 is 0 Å². The van der Waals surface area contributed by atoms with Gasteiger partial charge in [-0.05, 0) is 140 Å². The number of likely N-dealkylation sites (N-methyl/N-ethyl adjacent to an activating group) is 1. The van der Waals surface area contributed by atoms with Crippen LogP contribution in [0, 0.1) is 34.5 Å². The van der Waals surface area contributed by atoms with Crippen molar-refractivity contribution >= 4 is 5.97 Å². The van der Waals surface area contributed by atoms with E-state index in [1.54, 1.807) is 0 Å². The van der Waals surface area contributed by atoms with Crippen molar-refractivity contribution in [1.82, 2.24) is 4.90 Å². The second kappa shape index (κ2) is 14.7. The fraction of sp³-hybridized carbons (Fsp3) is 0.764. The number of aromatic hydroxyl groups is 2. The lowest BCUT2D eigenvalue weighted by Gasteiger charge is -2.75. The predicted molar refractivity (Wildman–Crippen MR) is 248 cm³/mol. The van der Waals surface area contributed by atoms with Gasteiger partial charge in [-0.2, -0.15) is 13.2 Å². The number of halogens is 3. The molecule has 10 aliphatic carbocycles. The molecule has 16 rings (SSSR count). The number of hydrogen-bond acceptors (Lipinski definition) is 11. The molecule has 2 aromatic rings. The van der Waals surface area contributed by atoms with Crippen molar-refractivity contribution in [3.8, 4) is 23.0 Å². The van der Waals surface area contributed by atoms with Crippen LogP contribution in [-0.4, -0.2) is 136 Å². The lowest BCUT2D eigenvalue weighted by atomic mass is 9.33. The molecule has 70 heavy (non-hydrogen) atoms. The zero-order valence-corrected chi connectivity index (χ0v) is 41.9. The highest BCUT2D eigenvalue weighted by atomic mass is 19.4. The molecule has 8 saturated carbocycles. The molecule has 4 aliphatic heterocycles. The molecule has 2 saturated heterocycles. The van der Waals surface area contributed by atoms with Gasteiger partial charge in [0.2, 0.25) is 0 Å². The zero-order chi connectivity index (χ0) is 49.8. The summed E-state index contributed by atoms with van der Waals surface area (Å²) in [4.78, 5) is 11.6.